The molecule has 1 saturated heterocycles. The topological polar surface area (TPSA) is 72.4 Å². The van der Waals surface area contributed by atoms with Gasteiger partial charge in [0.2, 0.25) is 0 Å². The summed E-state index contributed by atoms with van der Waals surface area (Å²) in [4.78, 5) is 15.4. The number of nitrogens with zero attached hydrogens (tertiary/aromatic N) is 6. The van der Waals surface area contributed by atoms with Crippen molar-refractivity contribution >= 4 is 11.5 Å². The fourth-order valence-electron chi connectivity index (χ4n) is 4.35. The highest BCUT2D eigenvalue weighted by atomic mass is 19.1. The molecular formula is C24H19FN6O. The van der Waals surface area contributed by atoms with Crippen LogP contribution in [0.15, 0.2) is 77.8 Å². The molecule has 0 saturated carbocycles. The minimum atomic E-state index is -0.215. The van der Waals surface area contributed by atoms with Crippen LogP contribution in [0.5, 0.6) is 0 Å². The predicted octanol–water partition coefficient (Wildman–Crippen LogP) is 4.93. The molecule has 5 heterocycles. The van der Waals surface area contributed by atoms with E-state index in [4.69, 9.17) is 14.5 Å². The number of aromatic nitrogens is 5. The van der Waals surface area contributed by atoms with E-state index in [2.05, 4.69) is 14.9 Å². The molecule has 5 aromatic rings. The van der Waals surface area contributed by atoms with Crippen LogP contribution in [0.4, 0.5) is 10.2 Å². The summed E-state index contributed by atoms with van der Waals surface area (Å²) in [5.74, 6) is 1.21. The van der Waals surface area contributed by atoms with Crippen molar-refractivity contribution < 1.29 is 8.81 Å². The number of anilines is 1. The standard InChI is InChI=1S/C24H19FN6O/c25-17-5-1-4-16(12-17)20-8-3-11-30(20)24-10-9-23-27-13-21(31(23)29-24)18-6-2-7-19(28-18)22-14-26-15-32-22/h1-2,4-7,9-10,12-15,20H,3,8,11H2. The Kier molecular flexibility index (Phi) is 4.41. The zero-order valence-electron chi connectivity index (χ0n) is 17.1. The number of benzene rings is 1. The Morgan fingerprint density at radius 2 is 1.91 bits per heavy atom. The Hall–Kier alpha value is -4.07. The maximum Gasteiger partial charge on any atom is 0.181 e. The van der Waals surface area contributed by atoms with Crippen LogP contribution in [-0.4, -0.2) is 31.1 Å². The molecule has 1 aliphatic heterocycles. The van der Waals surface area contributed by atoms with E-state index in [1.807, 2.05) is 40.9 Å². The Morgan fingerprint density at radius 3 is 2.78 bits per heavy atom. The van der Waals surface area contributed by atoms with E-state index >= 15 is 0 Å². The second-order valence-electron chi connectivity index (χ2n) is 7.79. The molecule has 1 aliphatic rings. The number of fused-ring (bicyclic) bond motifs is 1. The fourth-order valence-corrected chi connectivity index (χ4v) is 4.35. The molecule has 1 atom stereocenters. The third-order valence-electron chi connectivity index (χ3n) is 5.83. The highest BCUT2D eigenvalue weighted by Crippen LogP contribution is 2.35. The molecule has 1 unspecified atom stereocenters. The van der Waals surface area contributed by atoms with Crippen LogP contribution in [0.25, 0.3) is 28.5 Å². The number of hydrogen-bond acceptors (Lipinski definition) is 6. The summed E-state index contributed by atoms with van der Waals surface area (Å²) in [6, 6.07) is 16.6. The Balaban J connectivity index is 1.40. The minimum absolute atomic E-state index is 0.0931. The van der Waals surface area contributed by atoms with Gasteiger partial charge in [0.05, 0.1) is 24.1 Å². The van der Waals surface area contributed by atoms with Crippen LogP contribution in [0.2, 0.25) is 0 Å². The lowest BCUT2D eigenvalue weighted by Crippen LogP contribution is -2.24. The van der Waals surface area contributed by atoms with Crippen LogP contribution in [0, 0.1) is 5.82 Å². The van der Waals surface area contributed by atoms with E-state index in [0.29, 0.717) is 11.5 Å². The first kappa shape index (κ1) is 18.7. The highest BCUT2D eigenvalue weighted by Gasteiger charge is 2.28. The van der Waals surface area contributed by atoms with E-state index < -0.39 is 0 Å². The third-order valence-corrected chi connectivity index (χ3v) is 5.83. The largest absolute Gasteiger partial charge is 0.442 e. The maximum atomic E-state index is 13.8. The second-order valence-corrected chi connectivity index (χ2v) is 7.79. The van der Waals surface area contributed by atoms with Gasteiger partial charge in [0.1, 0.15) is 23.0 Å². The predicted molar refractivity (Wildman–Crippen MR) is 117 cm³/mol. The first-order valence-corrected chi connectivity index (χ1v) is 10.5. The Morgan fingerprint density at radius 1 is 1.00 bits per heavy atom. The molecule has 6 rings (SSSR count). The number of imidazole rings is 1. The van der Waals surface area contributed by atoms with E-state index in [9.17, 15) is 4.39 Å². The van der Waals surface area contributed by atoms with Gasteiger partial charge < -0.3 is 9.32 Å². The van der Waals surface area contributed by atoms with Crippen LogP contribution in [0.3, 0.4) is 0 Å². The first-order valence-electron chi connectivity index (χ1n) is 10.5. The molecular weight excluding hydrogens is 407 g/mol. The van der Waals surface area contributed by atoms with Crippen molar-refractivity contribution in [2.24, 2.45) is 0 Å². The smallest absolute Gasteiger partial charge is 0.181 e. The van der Waals surface area contributed by atoms with Gasteiger partial charge in [0, 0.05) is 6.54 Å². The Bertz CT molecular complexity index is 1400. The summed E-state index contributed by atoms with van der Waals surface area (Å²) in [6.45, 7) is 0.864. The van der Waals surface area contributed by atoms with Crippen molar-refractivity contribution in [2.45, 2.75) is 18.9 Å². The molecule has 0 aliphatic carbocycles. The third kappa shape index (κ3) is 3.20. The molecule has 0 radical (unpaired) electrons. The quantitative estimate of drug-likeness (QED) is 0.406. The average molecular weight is 426 g/mol. The van der Waals surface area contributed by atoms with Gasteiger partial charge in [0.15, 0.2) is 17.8 Å². The summed E-state index contributed by atoms with van der Waals surface area (Å²) in [7, 11) is 0. The van der Waals surface area contributed by atoms with E-state index in [0.717, 1.165) is 47.8 Å². The zero-order valence-corrected chi connectivity index (χ0v) is 17.1. The van der Waals surface area contributed by atoms with Gasteiger partial charge in [-0.2, -0.15) is 0 Å². The van der Waals surface area contributed by atoms with Crippen molar-refractivity contribution in [1.82, 2.24) is 24.6 Å². The normalized spacial score (nSPS) is 16.2. The fraction of sp³-hybridized carbons (Fsp3) is 0.167. The van der Waals surface area contributed by atoms with Crippen LogP contribution in [-0.2, 0) is 0 Å². The van der Waals surface area contributed by atoms with E-state index in [1.54, 1.807) is 24.5 Å². The lowest BCUT2D eigenvalue weighted by atomic mass is 10.0. The molecule has 4 aromatic heterocycles. The van der Waals surface area contributed by atoms with Gasteiger partial charge in [-0.3, -0.25) is 0 Å². The minimum Gasteiger partial charge on any atom is -0.442 e. The van der Waals surface area contributed by atoms with Gasteiger partial charge in [0.25, 0.3) is 0 Å². The lowest BCUT2D eigenvalue weighted by molar-refractivity contribution is 0.570. The summed E-state index contributed by atoms with van der Waals surface area (Å²) < 4.78 is 21.0. The lowest BCUT2D eigenvalue weighted by Gasteiger charge is -2.26. The molecule has 0 amide bonds. The number of rotatable bonds is 4. The molecule has 158 valence electrons. The second kappa shape index (κ2) is 7.56. The number of hydrogen-bond donors (Lipinski definition) is 0. The molecule has 8 heteroatoms. The summed E-state index contributed by atoms with van der Waals surface area (Å²) >= 11 is 0. The van der Waals surface area contributed by atoms with Gasteiger partial charge in [-0.05, 0) is 54.8 Å². The van der Waals surface area contributed by atoms with Crippen molar-refractivity contribution in [3.8, 4) is 22.8 Å². The Labute approximate surface area is 183 Å². The monoisotopic (exact) mass is 426 g/mol. The molecule has 0 N–H and O–H groups in total. The maximum absolute atomic E-state index is 13.8. The first-order chi connectivity index (χ1) is 15.8. The molecule has 7 nitrogen and oxygen atoms in total. The SMILES string of the molecule is Fc1cccc(C2CCCN2c2ccc3ncc(-c4cccc(-c5cnco5)n4)n3n2)c1. The van der Waals surface area contributed by atoms with Crippen molar-refractivity contribution in [3.63, 3.8) is 0 Å². The van der Waals surface area contributed by atoms with Gasteiger partial charge in [-0.15, -0.1) is 5.10 Å². The van der Waals surface area contributed by atoms with Crippen molar-refractivity contribution in [2.75, 3.05) is 11.4 Å². The molecule has 1 aromatic carbocycles. The van der Waals surface area contributed by atoms with Gasteiger partial charge in [-0.1, -0.05) is 18.2 Å². The number of halogens is 1. The van der Waals surface area contributed by atoms with Gasteiger partial charge in [-0.25, -0.2) is 23.9 Å². The van der Waals surface area contributed by atoms with Crippen molar-refractivity contribution in [3.05, 3.63) is 84.8 Å². The van der Waals surface area contributed by atoms with Crippen molar-refractivity contribution in [1.29, 1.82) is 0 Å². The van der Waals surface area contributed by atoms with E-state index in [1.165, 1.54) is 12.5 Å². The molecule has 1 fully saturated rings. The molecule has 32 heavy (non-hydrogen) atoms. The average Bonchev–Trinajstić information content (AvgIpc) is 3.59. The molecule has 0 spiro atoms. The zero-order chi connectivity index (χ0) is 21.5. The molecule has 0 bridgehead atoms. The van der Waals surface area contributed by atoms with Crippen LogP contribution in [0.1, 0.15) is 24.4 Å². The van der Waals surface area contributed by atoms with E-state index in [-0.39, 0.29) is 11.9 Å². The van der Waals surface area contributed by atoms with Gasteiger partial charge >= 0.3 is 0 Å². The summed E-state index contributed by atoms with van der Waals surface area (Å²) in [5.41, 5.74) is 3.91. The summed E-state index contributed by atoms with van der Waals surface area (Å²) in [5, 5.41) is 4.89. The number of pyridine rings is 1. The number of oxazole rings is 1. The summed E-state index contributed by atoms with van der Waals surface area (Å²) in [6.07, 6.45) is 6.78. The van der Waals surface area contributed by atoms with Crippen LogP contribution < -0.4 is 4.90 Å². The van der Waals surface area contributed by atoms with Crippen LogP contribution >= 0.6 is 0 Å². The highest BCUT2D eigenvalue weighted by molar-refractivity contribution is 5.64.